The maximum absolute atomic E-state index is 12.5. The molecule has 21 heavy (non-hydrogen) atoms. The molecule has 0 aliphatic carbocycles. The number of carbonyl (C=O) groups excluding carboxylic acids is 1. The Bertz CT molecular complexity index is 524. The Morgan fingerprint density at radius 1 is 1.29 bits per heavy atom. The summed E-state index contributed by atoms with van der Waals surface area (Å²) in [4.78, 5) is 24.6. The average Bonchev–Trinajstić information content (AvgIpc) is 2.46. The van der Waals surface area contributed by atoms with Crippen LogP contribution in [0.2, 0.25) is 0 Å². The van der Waals surface area contributed by atoms with Gasteiger partial charge in [-0.05, 0) is 43.7 Å². The molecule has 116 valence electrons. The zero-order valence-electron chi connectivity index (χ0n) is 13.0. The molecule has 1 rings (SSSR count). The first-order valence-electron chi connectivity index (χ1n) is 7.06. The molecule has 0 heterocycles. The van der Waals surface area contributed by atoms with E-state index in [2.05, 4.69) is 5.32 Å². The fraction of sp³-hybridized carbons (Fsp3) is 0.500. The molecule has 0 atom stereocenters. The zero-order valence-corrected chi connectivity index (χ0v) is 13.8. The number of thioether (sulfide) groups is 1. The van der Waals surface area contributed by atoms with E-state index in [1.54, 1.807) is 11.8 Å². The molecule has 0 radical (unpaired) electrons. The van der Waals surface area contributed by atoms with Crippen molar-refractivity contribution >= 4 is 23.6 Å². The van der Waals surface area contributed by atoms with Gasteiger partial charge >= 0.3 is 5.97 Å². The maximum atomic E-state index is 12.5. The first kappa shape index (κ1) is 17.6. The first-order chi connectivity index (χ1) is 9.87. The van der Waals surface area contributed by atoms with Crippen molar-refractivity contribution in [2.24, 2.45) is 0 Å². The van der Waals surface area contributed by atoms with Crippen LogP contribution < -0.4 is 5.32 Å². The van der Waals surface area contributed by atoms with Gasteiger partial charge in [0.2, 0.25) is 0 Å². The molecule has 5 heteroatoms. The highest BCUT2D eigenvalue weighted by molar-refractivity contribution is 7.98. The molecule has 0 fully saturated rings. The van der Waals surface area contributed by atoms with Gasteiger partial charge in [0.15, 0.2) is 0 Å². The number of carbonyl (C=O) groups is 2. The minimum absolute atomic E-state index is 0.0625. The molecule has 0 saturated carbocycles. The Kier molecular flexibility index (Phi) is 6.27. The van der Waals surface area contributed by atoms with Crippen molar-refractivity contribution in [1.29, 1.82) is 0 Å². The Morgan fingerprint density at radius 2 is 1.90 bits per heavy atom. The molecule has 0 aliphatic rings. The number of aryl methyl sites for hydroxylation is 1. The molecule has 0 spiro atoms. The summed E-state index contributed by atoms with van der Waals surface area (Å²) >= 11 is 1.58. The van der Waals surface area contributed by atoms with E-state index >= 15 is 0 Å². The fourth-order valence-electron chi connectivity index (χ4n) is 2.29. The number of hydrogen-bond acceptors (Lipinski definition) is 3. The standard InChI is InChI=1S/C16H23NO3S/c1-5-16(6-2,10-14(18)19)17-15(20)13-9-12(21-4)8-7-11(13)3/h7-9H,5-6,10H2,1-4H3,(H,17,20)(H,18,19). The third-order valence-electron chi connectivity index (χ3n) is 3.91. The second-order valence-corrected chi connectivity index (χ2v) is 6.07. The van der Waals surface area contributed by atoms with Crippen LogP contribution in [0.1, 0.15) is 49.0 Å². The number of carboxylic acid groups (broad SMARTS) is 1. The van der Waals surface area contributed by atoms with Gasteiger partial charge in [-0.25, -0.2) is 0 Å². The van der Waals surface area contributed by atoms with Crippen LogP contribution in [0.15, 0.2) is 23.1 Å². The van der Waals surface area contributed by atoms with E-state index in [9.17, 15) is 9.59 Å². The lowest BCUT2D eigenvalue weighted by Crippen LogP contribution is -2.49. The van der Waals surface area contributed by atoms with Gasteiger partial charge in [0, 0.05) is 10.5 Å². The molecule has 1 amide bonds. The molecule has 0 saturated heterocycles. The van der Waals surface area contributed by atoms with Crippen molar-refractivity contribution < 1.29 is 14.7 Å². The third kappa shape index (κ3) is 4.49. The van der Waals surface area contributed by atoms with E-state index < -0.39 is 11.5 Å². The number of carboxylic acids is 1. The van der Waals surface area contributed by atoms with Gasteiger partial charge in [0.05, 0.1) is 12.0 Å². The van der Waals surface area contributed by atoms with Gasteiger partial charge in [-0.3, -0.25) is 9.59 Å². The van der Waals surface area contributed by atoms with E-state index in [-0.39, 0.29) is 12.3 Å². The van der Waals surface area contributed by atoms with Gasteiger partial charge in [-0.2, -0.15) is 0 Å². The Labute approximate surface area is 130 Å². The molecule has 1 aromatic carbocycles. The minimum atomic E-state index is -0.895. The number of benzene rings is 1. The summed E-state index contributed by atoms with van der Waals surface area (Å²) in [5, 5.41) is 12.0. The van der Waals surface area contributed by atoms with Gasteiger partial charge in [-0.15, -0.1) is 11.8 Å². The number of rotatable bonds is 7. The van der Waals surface area contributed by atoms with Crippen LogP contribution in [-0.2, 0) is 4.79 Å². The fourth-order valence-corrected chi connectivity index (χ4v) is 2.73. The van der Waals surface area contributed by atoms with E-state index in [1.165, 1.54) is 0 Å². The highest BCUT2D eigenvalue weighted by Gasteiger charge is 2.31. The van der Waals surface area contributed by atoms with E-state index in [0.29, 0.717) is 18.4 Å². The van der Waals surface area contributed by atoms with Crippen LogP contribution in [0.25, 0.3) is 0 Å². The largest absolute Gasteiger partial charge is 0.481 e. The van der Waals surface area contributed by atoms with Crippen LogP contribution in [-0.4, -0.2) is 28.8 Å². The molecule has 0 aromatic heterocycles. The van der Waals surface area contributed by atoms with Crippen molar-refractivity contribution in [3.05, 3.63) is 29.3 Å². The van der Waals surface area contributed by atoms with Crippen molar-refractivity contribution in [3.63, 3.8) is 0 Å². The highest BCUT2D eigenvalue weighted by Crippen LogP contribution is 2.23. The summed E-state index contributed by atoms with van der Waals surface area (Å²) in [6, 6.07) is 5.74. The Morgan fingerprint density at radius 3 is 2.38 bits per heavy atom. The zero-order chi connectivity index (χ0) is 16.0. The average molecular weight is 309 g/mol. The second kappa shape index (κ2) is 7.50. The van der Waals surface area contributed by atoms with Crippen molar-refractivity contribution in [2.75, 3.05) is 6.26 Å². The first-order valence-corrected chi connectivity index (χ1v) is 8.29. The van der Waals surface area contributed by atoms with E-state index in [0.717, 1.165) is 10.5 Å². The lowest BCUT2D eigenvalue weighted by Gasteiger charge is -2.31. The Hall–Kier alpha value is -1.49. The van der Waals surface area contributed by atoms with Crippen LogP contribution in [0.3, 0.4) is 0 Å². The van der Waals surface area contributed by atoms with Crippen LogP contribution in [0, 0.1) is 6.92 Å². The molecule has 0 bridgehead atoms. The number of aliphatic carboxylic acids is 1. The molecule has 4 nitrogen and oxygen atoms in total. The summed E-state index contributed by atoms with van der Waals surface area (Å²) in [5.41, 5.74) is 0.810. The third-order valence-corrected chi connectivity index (χ3v) is 4.64. The predicted molar refractivity (Wildman–Crippen MR) is 86.0 cm³/mol. The van der Waals surface area contributed by atoms with Gasteiger partial charge < -0.3 is 10.4 Å². The molecule has 1 aromatic rings. The van der Waals surface area contributed by atoms with Crippen molar-refractivity contribution in [2.45, 2.75) is 50.5 Å². The normalized spacial score (nSPS) is 11.2. The topological polar surface area (TPSA) is 66.4 Å². The minimum Gasteiger partial charge on any atom is -0.481 e. The van der Waals surface area contributed by atoms with Crippen LogP contribution in [0.4, 0.5) is 0 Å². The molecule has 0 unspecified atom stereocenters. The van der Waals surface area contributed by atoms with Gasteiger partial charge in [-0.1, -0.05) is 19.9 Å². The van der Waals surface area contributed by atoms with Gasteiger partial charge in [0.1, 0.15) is 0 Å². The van der Waals surface area contributed by atoms with Crippen LogP contribution >= 0.6 is 11.8 Å². The molecular weight excluding hydrogens is 286 g/mol. The summed E-state index contributed by atoms with van der Waals surface area (Å²) in [6.45, 7) is 5.69. The quantitative estimate of drug-likeness (QED) is 0.757. The van der Waals surface area contributed by atoms with Gasteiger partial charge in [0.25, 0.3) is 5.91 Å². The lowest BCUT2D eigenvalue weighted by atomic mass is 9.88. The summed E-state index contributed by atoms with van der Waals surface area (Å²) in [6.07, 6.45) is 3.07. The molecule has 2 N–H and O–H groups in total. The maximum Gasteiger partial charge on any atom is 0.305 e. The monoisotopic (exact) mass is 309 g/mol. The SMILES string of the molecule is CCC(CC)(CC(=O)O)NC(=O)c1cc(SC)ccc1C. The summed E-state index contributed by atoms with van der Waals surface area (Å²) in [7, 11) is 0. The Balaban J connectivity index is 3.04. The molecular formula is C16H23NO3S. The number of amides is 1. The predicted octanol–water partition coefficient (Wildman–Crippen LogP) is 3.48. The number of nitrogens with one attached hydrogen (secondary N) is 1. The number of hydrogen-bond donors (Lipinski definition) is 2. The van der Waals surface area contributed by atoms with Crippen molar-refractivity contribution in [3.8, 4) is 0 Å². The second-order valence-electron chi connectivity index (χ2n) is 5.19. The van der Waals surface area contributed by atoms with Crippen LogP contribution in [0.5, 0.6) is 0 Å². The summed E-state index contributed by atoms with van der Waals surface area (Å²) in [5.74, 6) is -1.10. The highest BCUT2D eigenvalue weighted by atomic mass is 32.2. The smallest absolute Gasteiger partial charge is 0.305 e. The van der Waals surface area contributed by atoms with E-state index in [4.69, 9.17) is 5.11 Å². The van der Waals surface area contributed by atoms with E-state index in [1.807, 2.05) is 45.2 Å². The molecule has 0 aliphatic heterocycles. The lowest BCUT2D eigenvalue weighted by molar-refractivity contribution is -0.138. The van der Waals surface area contributed by atoms with Crippen molar-refractivity contribution in [1.82, 2.24) is 5.32 Å². The summed E-state index contributed by atoms with van der Waals surface area (Å²) < 4.78 is 0.